The molecular weight excluding hydrogens is 346 g/mol. The SMILES string of the molecule is COc1cc(N2CCCCC2)nc(NC(=S)N[C@H](C)c2ccccc2)n1. The molecular formula is C19H25N5OS. The number of nitrogens with zero attached hydrogens (tertiary/aromatic N) is 3. The second-order valence-electron chi connectivity index (χ2n) is 6.37. The van der Waals surface area contributed by atoms with Crippen molar-refractivity contribution in [1.82, 2.24) is 15.3 Å². The zero-order chi connectivity index (χ0) is 18.4. The van der Waals surface area contributed by atoms with Gasteiger partial charge in [0.1, 0.15) is 5.82 Å². The van der Waals surface area contributed by atoms with Gasteiger partial charge in [-0.3, -0.25) is 0 Å². The molecule has 1 aliphatic heterocycles. The largest absolute Gasteiger partial charge is 0.481 e. The Morgan fingerprint density at radius 2 is 1.88 bits per heavy atom. The molecule has 0 radical (unpaired) electrons. The van der Waals surface area contributed by atoms with Crippen LogP contribution in [0.1, 0.15) is 37.8 Å². The van der Waals surface area contributed by atoms with Gasteiger partial charge in [0.05, 0.1) is 13.2 Å². The summed E-state index contributed by atoms with van der Waals surface area (Å²) in [4.78, 5) is 11.3. The molecule has 0 unspecified atom stereocenters. The van der Waals surface area contributed by atoms with Crippen molar-refractivity contribution >= 4 is 29.1 Å². The predicted molar refractivity (Wildman–Crippen MR) is 109 cm³/mol. The molecule has 1 aromatic heterocycles. The lowest BCUT2D eigenvalue weighted by Gasteiger charge is -2.28. The fourth-order valence-corrected chi connectivity index (χ4v) is 3.29. The Morgan fingerprint density at radius 3 is 2.58 bits per heavy atom. The van der Waals surface area contributed by atoms with E-state index >= 15 is 0 Å². The van der Waals surface area contributed by atoms with E-state index in [-0.39, 0.29) is 6.04 Å². The van der Waals surface area contributed by atoms with Crippen LogP contribution in [0.4, 0.5) is 11.8 Å². The lowest BCUT2D eigenvalue weighted by Crippen LogP contribution is -2.33. The first kappa shape index (κ1) is 18.4. The molecule has 1 aliphatic rings. The smallest absolute Gasteiger partial charge is 0.234 e. The van der Waals surface area contributed by atoms with E-state index in [1.165, 1.54) is 19.3 Å². The fourth-order valence-electron chi connectivity index (χ4n) is 3.02. The number of rotatable bonds is 5. The number of piperidine rings is 1. The molecule has 1 atom stereocenters. The Morgan fingerprint density at radius 1 is 1.15 bits per heavy atom. The topological polar surface area (TPSA) is 62.3 Å². The van der Waals surface area contributed by atoms with Gasteiger partial charge < -0.3 is 20.3 Å². The van der Waals surface area contributed by atoms with Crippen LogP contribution in [0.3, 0.4) is 0 Å². The number of hydrogen-bond donors (Lipinski definition) is 2. The zero-order valence-electron chi connectivity index (χ0n) is 15.2. The van der Waals surface area contributed by atoms with Gasteiger partial charge in [-0.25, -0.2) is 0 Å². The van der Waals surface area contributed by atoms with Crippen LogP contribution in [0, 0.1) is 0 Å². The van der Waals surface area contributed by atoms with Gasteiger partial charge in [-0.15, -0.1) is 0 Å². The third-order valence-electron chi connectivity index (χ3n) is 4.45. The predicted octanol–water partition coefficient (Wildman–Crippen LogP) is 3.52. The fraction of sp³-hybridized carbons (Fsp3) is 0.421. The van der Waals surface area contributed by atoms with Gasteiger partial charge in [0.25, 0.3) is 0 Å². The molecule has 7 heteroatoms. The molecule has 26 heavy (non-hydrogen) atoms. The molecule has 0 amide bonds. The standard InChI is InChI=1S/C19H25N5OS/c1-14(15-9-5-3-6-10-15)20-19(26)23-18-21-16(13-17(22-18)25-2)24-11-7-4-8-12-24/h3,5-6,9-10,13-14H,4,7-8,11-12H2,1-2H3,(H2,20,21,22,23,26)/t14-/m1/s1. The van der Waals surface area contributed by atoms with Gasteiger partial charge in [0.15, 0.2) is 5.11 Å². The van der Waals surface area contributed by atoms with Crippen molar-refractivity contribution in [3.8, 4) is 5.88 Å². The Kier molecular flexibility index (Phi) is 6.22. The summed E-state index contributed by atoms with van der Waals surface area (Å²) in [7, 11) is 1.61. The van der Waals surface area contributed by atoms with Gasteiger partial charge in [-0.1, -0.05) is 30.3 Å². The van der Waals surface area contributed by atoms with Crippen molar-refractivity contribution in [2.75, 3.05) is 30.4 Å². The quantitative estimate of drug-likeness (QED) is 0.780. The molecule has 2 N–H and O–H groups in total. The van der Waals surface area contributed by atoms with Gasteiger partial charge in [0, 0.05) is 19.2 Å². The molecule has 0 saturated carbocycles. The highest BCUT2D eigenvalue weighted by Crippen LogP contribution is 2.23. The molecule has 0 spiro atoms. The minimum absolute atomic E-state index is 0.0865. The molecule has 138 valence electrons. The van der Waals surface area contributed by atoms with Crippen LogP contribution >= 0.6 is 12.2 Å². The van der Waals surface area contributed by atoms with Crippen LogP contribution in [0.15, 0.2) is 36.4 Å². The van der Waals surface area contributed by atoms with Crippen LogP contribution in [0.2, 0.25) is 0 Å². The monoisotopic (exact) mass is 371 g/mol. The van der Waals surface area contributed by atoms with E-state index in [0.717, 1.165) is 24.5 Å². The van der Waals surface area contributed by atoms with E-state index in [0.29, 0.717) is 16.9 Å². The summed E-state index contributed by atoms with van der Waals surface area (Å²) in [6.07, 6.45) is 3.64. The molecule has 0 aliphatic carbocycles. The third kappa shape index (κ3) is 4.82. The second-order valence-corrected chi connectivity index (χ2v) is 6.78. The maximum atomic E-state index is 5.43. The van der Waals surface area contributed by atoms with E-state index in [1.807, 2.05) is 24.3 Å². The van der Waals surface area contributed by atoms with Crippen molar-refractivity contribution < 1.29 is 4.74 Å². The van der Waals surface area contributed by atoms with Gasteiger partial charge >= 0.3 is 0 Å². The van der Waals surface area contributed by atoms with E-state index in [1.54, 1.807) is 7.11 Å². The maximum absolute atomic E-state index is 5.43. The summed E-state index contributed by atoms with van der Waals surface area (Å²) in [6.45, 7) is 4.08. The highest BCUT2D eigenvalue weighted by molar-refractivity contribution is 7.80. The molecule has 6 nitrogen and oxygen atoms in total. The lowest BCUT2D eigenvalue weighted by molar-refractivity contribution is 0.397. The van der Waals surface area contributed by atoms with Crippen LogP contribution in [-0.4, -0.2) is 35.3 Å². The first-order chi connectivity index (χ1) is 12.7. The summed E-state index contributed by atoms with van der Waals surface area (Å²) in [5, 5.41) is 6.84. The molecule has 3 rings (SSSR count). The summed E-state index contributed by atoms with van der Waals surface area (Å²) in [5.41, 5.74) is 1.16. The Hall–Kier alpha value is -2.41. The molecule has 2 aromatic rings. The average Bonchev–Trinajstić information content (AvgIpc) is 2.69. The number of benzene rings is 1. The Balaban J connectivity index is 1.69. The average molecular weight is 372 g/mol. The van der Waals surface area contributed by atoms with Crippen LogP contribution in [0.5, 0.6) is 5.88 Å². The number of anilines is 2. The minimum Gasteiger partial charge on any atom is -0.481 e. The van der Waals surface area contributed by atoms with Crippen LogP contribution in [-0.2, 0) is 0 Å². The van der Waals surface area contributed by atoms with Crippen LogP contribution in [0.25, 0.3) is 0 Å². The van der Waals surface area contributed by atoms with Gasteiger partial charge in [-0.2, -0.15) is 9.97 Å². The molecule has 1 fully saturated rings. The van der Waals surface area contributed by atoms with Crippen molar-refractivity contribution in [3.63, 3.8) is 0 Å². The van der Waals surface area contributed by atoms with E-state index in [2.05, 4.69) is 44.6 Å². The summed E-state index contributed by atoms with van der Waals surface area (Å²) in [6, 6.07) is 12.1. The van der Waals surface area contributed by atoms with Crippen molar-refractivity contribution in [2.24, 2.45) is 0 Å². The Labute approximate surface area is 160 Å². The molecule has 1 aromatic carbocycles. The number of thiocarbonyl (C=S) groups is 1. The lowest BCUT2D eigenvalue weighted by atomic mass is 10.1. The number of hydrogen-bond acceptors (Lipinski definition) is 5. The minimum atomic E-state index is 0.0865. The zero-order valence-corrected chi connectivity index (χ0v) is 16.1. The third-order valence-corrected chi connectivity index (χ3v) is 4.67. The summed E-state index contributed by atoms with van der Waals surface area (Å²) in [5.74, 6) is 1.85. The molecule has 0 bridgehead atoms. The van der Waals surface area contributed by atoms with Crippen molar-refractivity contribution in [2.45, 2.75) is 32.2 Å². The van der Waals surface area contributed by atoms with Crippen molar-refractivity contribution in [1.29, 1.82) is 0 Å². The van der Waals surface area contributed by atoms with Gasteiger partial charge in [0.2, 0.25) is 11.8 Å². The van der Waals surface area contributed by atoms with E-state index in [4.69, 9.17) is 17.0 Å². The number of methoxy groups -OCH3 is 1. The first-order valence-electron chi connectivity index (χ1n) is 8.96. The van der Waals surface area contributed by atoms with E-state index in [9.17, 15) is 0 Å². The normalized spacial score (nSPS) is 15.2. The van der Waals surface area contributed by atoms with E-state index < -0.39 is 0 Å². The summed E-state index contributed by atoms with van der Waals surface area (Å²) >= 11 is 5.43. The number of ether oxygens (including phenoxy) is 1. The molecule has 1 saturated heterocycles. The highest BCUT2D eigenvalue weighted by atomic mass is 32.1. The summed E-state index contributed by atoms with van der Waals surface area (Å²) < 4.78 is 5.34. The number of aromatic nitrogens is 2. The van der Waals surface area contributed by atoms with Crippen LogP contribution < -0.4 is 20.3 Å². The Bertz CT molecular complexity index is 734. The molecule has 2 heterocycles. The maximum Gasteiger partial charge on any atom is 0.234 e. The highest BCUT2D eigenvalue weighted by Gasteiger charge is 2.16. The first-order valence-corrected chi connectivity index (χ1v) is 9.37. The number of nitrogens with one attached hydrogen (secondary N) is 2. The van der Waals surface area contributed by atoms with Gasteiger partial charge in [-0.05, 0) is 44.0 Å². The second kappa shape index (κ2) is 8.80. The van der Waals surface area contributed by atoms with Crippen molar-refractivity contribution in [3.05, 3.63) is 42.0 Å².